The van der Waals surface area contributed by atoms with E-state index in [1.165, 1.54) is 25.1 Å². The number of thiol groups is 1. The number of hydrogen-bond donors (Lipinski definition) is 2. The van der Waals surface area contributed by atoms with E-state index in [1.807, 2.05) is 0 Å². The molecule has 0 radical (unpaired) electrons. The molecule has 4 nitrogen and oxygen atoms in total. The van der Waals surface area contributed by atoms with Crippen molar-refractivity contribution in [3.8, 4) is 5.75 Å². The van der Waals surface area contributed by atoms with Gasteiger partial charge in [-0.25, -0.2) is 4.79 Å². The number of esters is 1. The molecule has 0 amide bonds. The first-order chi connectivity index (χ1) is 6.50. The summed E-state index contributed by atoms with van der Waals surface area (Å²) in [5.41, 5.74) is 0.0734. The number of aromatic carboxylic acids is 1. The van der Waals surface area contributed by atoms with Gasteiger partial charge in [0.15, 0.2) is 0 Å². The van der Waals surface area contributed by atoms with Gasteiger partial charge in [0.2, 0.25) is 0 Å². The summed E-state index contributed by atoms with van der Waals surface area (Å²) < 4.78 is 4.75. The number of rotatable bonds is 2. The SMILES string of the molecule is CC(=O)Oc1ccc(C(=O)O)c(S)c1. The Hall–Kier alpha value is -1.49. The largest absolute Gasteiger partial charge is 0.478 e. The van der Waals surface area contributed by atoms with Crippen LogP contribution in [0.25, 0.3) is 0 Å². The third-order valence-corrected chi connectivity index (χ3v) is 1.83. The number of hydrogen-bond acceptors (Lipinski definition) is 4. The van der Waals surface area contributed by atoms with E-state index >= 15 is 0 Å². The highest BCUT2D eigenvalue weighted by Crippen LogP contribution is 2.21. The molecule has 74 valence electrons. The molecule has 0 heterocycles. The lowest BCUT2D eigenvalue weighted by Gasteiger charge is -2.03. The summed E-state index contributed by atoms with van der Waals surface area (Å²) in [6, 6.07) is 4.13. The van der Waals surface area contributed by atoms with Crippen molar-refractivity contribution in [2.24, 2.45) is 0 Å². The Balaban J connectivity index is 3.00. The third kappa shape index (κ3) is 2.50. The first-order valence-corrected chi connectivity index (χ1v) is 4.20. The highest BCUT2D eigenvalue weighted by Gasteiger charge is 2.08. The molecule has 14 heavy (non-hydrogen) atoms. The molecule has 0 aromatic heterocycles. The minimum atomic E-state index is -1.07. The van der Waals surface area contributed by atoms with E-state index < -0.39 is 11.9 Å². The maximum atomic E-state index is 10.6. The summed E-state index contributed by atoms with van der Waals surface area (Å²) in [6.07, 6.45) is 0. The third-order valence-electron chi connectivity index (χ3n) is 1.46. The highest BCUT2D eigenvalue weighted by atomic mass is 32.1. The molecule has 1 N–H and O–H groups in total. The van der Waals surface area contributed by atoms with Crippen LogP contribution in [0.5, 0.6) is 5.75 Å². The zero-order chi connectivity index (χ0) is 10.7. The highest BCUT2D eigenvalue weighted by molar-refractivity contribution is 7.80. The first kappa shape index (κ1) is 10.6. The summed E-state index contributed by atoms with van der Waals surface area (Å²) in [5.74, 6) is -1.24. The molecule has 0 saturated carbocycles. The molecule has 0 spiro atoms. The first-order valence-electron chi connectivity index (χ1n) is 3.75. The van der Waals surface area contributed by atoms with Gasteiger partial charge in [0.05, 0.1) is 5.56 Å². The second-order valence-electron chi connectivity index (χ2n) is 2.58. The molecule has 0 bridgehead atoms. The molecule has 0 aliphatic carbocycles. The lowest BCUT2D eigenvalue weighted by Crippen LogP contribution is -2.03. The van der Waals surface area contributed by atoms with Crippen molar-refractivity contribution in [3.63, 3.8) is 0 Å². The van der Waals surface area contributed by atoms with Gasteiger partial charge in [-0.3, -0.25) is 4.79 Å². The van der Waals surface area contributed by atoms with E-state index in [9.17, 15) is 9.59 Å². The van der Waals surface area contributed by atoms with E-state index in [-0.39, 0.29) is 16.2 Å². The number of carbonyl (C=O) groups is 2. The molecule has 1 rings (SSSR count). The molecule has 0 aliphatic heterocycles. The Morgan fingerprint density at radius 2 is 2.07 bits per heavy atom. The van der Waals surface area contributed by atoms with Crippen LogP contribution >= 0.6 is 12.6 Å². The number of carbonyl (C=O) groups excluding carboxylic acids is 1. The van der Waals surface area contributed by atoms with Crippen molar-refractivity contribution in [3.05, 3.63) is 23.8 Å². The summed E-state index contributed by atoms with van der Waals surface area (Å²) in [7, 11) is 0. The van der Waals surface area contributed by atoms with Gasteiger partial charge in [0.25, 0.3) is 0 Å². The molecule has 0 unspecified atom stereocenters. The average Bonchev–Trinajstić information content (AvgIpc) is 2.01. The quantitative estimate of drug-likeness (QED) is 0.444. The predicted octanol–water partition coefficient (Wildman–Crippen LogP) is 1.60. The molecule has 0 aliphatic rings. The topological polar surface area (TPSA) is 63.6 Å². The summed E-state index contributed by atoms with van der Waals surface area (Å²) in [6.45, 7) is 1.27. The van der Waals surface area contributed by atoms with Crippen molar-refractivity contribution in [1.82, 2.24) is 0 Å². The normalized spacial score (nSPS) is 9.57. The molecule has 1 aromatic carbocycles. The van der Waals surface area contributed by atoms with Gasteiger partial charge < -0.3 is 9.84 Å². The molecule has 5 heteroatoms. The second kappa shape index (κ2) is 4.15. The van der Waals surface area contributed by atoms with Crippen molar-refractivity contribution in [2.45, 2.75) is 11.8 Å². The van der Waals surface area contributed by atoms with Crippen molar-refractivity contribution in [1.29, 1.82) is 0 Å². The monoisotopic (exact) mass is 212 g/mol. The average molecular weight is 212 g/mol. The van der Waals surface area contributed by atoms with Gasteiger partial charge >= 0.3 is 11.9 Å². The summed E-state index contributed by atoms with van der Waals surface area (Å²) >= 11 is 3.96. The number of ether oxygens (including phenoxy) is 1. The fraction of sp³-hybridized carbons (Fsp3) is 0.111. The molecular weight excluding hydrogens is 204 g/mol. The number of carboxylic acid groups (broad SMARTS) is 1. The molecule has 1 aromatic rings. The Morgan fingerprint density at radius 3 is 2.50 bits per heavy atom. The van der Waals surface area contributed by atoms with Crippen LogP contribution in [0.1, 0.15) is 17.3 Å². The Labute approximate surface area is 85.9 Å². The Morgan fingerprint density at radius 1 is 1.43 bits per heavy atom. The zero-order valence-corrected chi connectivity index (χ0v) is 8.25. The van der Waals surface area contributed by atoms with Gasteiger partial charge in [0, 0.05) is 11.8 Å². The lowest BCUT2D eigenvalue weighted by molar-refractivity contribution is -0.131. The van der Waals surface area contributed by atoms with Crippen LogP contribution in [-0.2, 0) is 4.79 Å². The number of benzene rings is 1. The predicted molar refractivity (Wildman–Crippen MR) is 52.0 cm³/mol. The zero-order valence-electron chi connectivity index (χ0n) is 7.35. The molecular formula is C9H8O4S. The van der Waals surface area contributed by atoms with Crippen LogP contribution in [0.3, 0.4) is 0 Å². The fourth-order valence-corrected chi connectivity index (χ4v) is 1.22. The van der Waals surface area contributed by atoms with Gasteiger partial charge in [-0.2, -0.15) is 0 Å². The van der Waals surface area contributed by atoms with Crippen molar-refractivity contribution < 1.29 is 19.4 Å². The minimum absolute atomic E-state index is 0.0734. The van der Waals surface area contributed by atoms with Crippen LogP contribution in [0.2, 0.25) is 0 Å². The lowest BCUT2D eigenvalue weighted by atomic mass is 10.2. The smallest absolute Gasteiger partial charge is 0.336 e. The molecule has 0 fully saturated rings. The number of carboxylic acids is 1. The van der Waals surface area contributed by atoms with Gasteiger partial charge in [0.1, 0.15) is 5.75 Å². The van der Waals surface area contributed by atoms with E-state index in [0.29, 0.717) is 0 Å². The van der Waals surface area contributed by atoms with Crippen LogP contribution in [0.4, 0.5) is 0 Å². The van der Waals surface area contributed by atoms with Crippen LogP contribution < -0.4 is 4.74 Å². The van der Waals surface area contributed by atoms with E-state index in [0.717, 1.165) is 0 Å². The minimum Gasteiger partial charge on any atom is -0.478 e. The van der Waals surface area contributed by atoms with E-state index in [4.69, 9.17) is 9.84 Å². The van der Waals surface area contributed by atoms with Gasteiger partial charge in [-0.05, 0) is 18.2 Å². The molecule has 0 saturated heterocycles. The van der Waals surface area contributed by atoms with Crippen molar-refractivity contribution >= 4 is 24.6 Å². The Bertz CT molecular complexity index is 386. The van der Waals surface area contributed by atoms with Gasteiger partial charge in [-0.1, -0.05) is 0 Å². The van der Waals surface area contributed by atoms with Crippen LogP contribution in [-0.4, -0.2) is 17.0 Å². The summed E-state index contributed by atoms with van der Waals surface area (Å²) in [4.78, 5) is 21.4. The van der Waals surface area contributed by atoms with Crippen LogP contribution in [0.15, 0.2) is 23.1 Å². The Kier molecular flexibility index (Phi) is 3.14. The van der Waals surface area contributed by atoms with E-state index in [2.05, 4.69) is 12.6 Å². The standard InChI is InChI=1S/C9H8O4S/c1-5(10)13-6-2-3-7(9(11)12)8(14)4-6/h2-4,14H,1H3,(H,11,12). The van der Waals surface area contributed by atoms with E-state index in [1.54, 1.807) is 0 Å². The summed E-state index contributed by atoms with van der Waals surface area (Å²) in [5, 5.41) is 8.68. The van der Waals surface area contributed by atoms with Crippen LogP contribution in [0, 0.1) is 0 Å². The van der Waals surface area contributed by atoms with Gasteiger partial charge in [-0.15, -0.1) is 12.6 Å². The van der Waals surface area contributed by atoms with Crippen molar-refractivity contribution in [2.75, 3.05) is 0 Å². The molecule has 0 atom stereocenters. The second-order valence-corrected chi connectivity index (χ2v) is 3.06. The maximum absolute atomic E-state index is 10.6. The maximum Gasteiger partial charge on any atom is 0.336 e. The fourth-order valence-electron chi connectivity index (χ4n) is 0.922.